The van der Waals surface area contributed by atoms with Crippen LogP contribution in [0.1, 0.15) is 23.8 Å². The topological polar surface area (TPSA) is 49.4 Å². The summed E-state index contributed by atoms with van der Waals surface area (Å²) in [5.74, 6) is 0.648. The predicted octanol–water partition coefficient (Wildman–Crippen LogP) is 2.29. The van der Waals surface area contributed by atoms with Gasteiger partial charge in [0.25, 0.3) is 0 Å². The lowest BCUT2D eigenvalue weighted by Gasteiger charge is -2.23. The Hall–Kier alpha value is -0.140. The van der Waals surface area contributed by atoms with Gasteiger partial charge in [-0.1, -0.05) is 6.07 Å². The van der Waals surface area contributed by atoms with E-state index in [1.165, 1.54) is 0 Å². The Morgan fingerprint density at radius 1 is 1.42 bits per heavy atom. The van der Waals surface area contributed by atoms with Gasteiger partial charge in [0, 0.05) is 17.3 Å². The summed E-state index contributed by atoms with van der Waals surface area (Å²) < 4.78 is 26.3. The zero-order chi connectivity index (χ0) is 14.3. The van der Waals surface area contributed by atoms with Gasteiger partial charge in [0.1, 0.15) is 0 Å². The highest BCUT2D eigenvalue weighted by Gasteiger charge is 2.18. The van der Waals surface area contributed by atoms with Gasteiger partial charge in [0.05, 0.1) is 11.8 Å². The Labute approximate surface area is 124 Å². The molecule has 0 saturated heterocycles. The lowest BCUT2D eigenvalue weighted by Crippen LogP contribution is -2.35. The molecule has 7 heteroatoms. The Balaban J connectivity index is 2.53. The number of halogens is 1. The number of sulfonamides is 1. The molecule has 0 radical (unpaired) electrons. The van der Waals surface area contributed by atoms with Crippen LogP contribution in [0.3, 0.4) is 0 Å². The summed E-state index contributed by atoms with van der Waals surface area (Å²) in [7, 11) is 0.697. The average molecular weight is 325 g/mol. The van der Waals surface area contributed by atoms with Crippen molar-refractivity contribution in [3.8, 4) is 0 Å². The van der Waals surface area contributed by atoms with E-state index < -0.39 is 10.0 Å². The minimum Gasteiger partial charge on any atom is -0.300 e. The molecule has 110 valence electrons. The molecule has 1 aromatic heterocycles. The molecule has 1 unspecified atom stereocenters. The smallest absolute Gasteiger partial charge is 0.211 e. The maximum atomic E-state index is 11.8. The SMILES string of the molecule is CN(C)C(CNS(=O)(=O)CCCCCl)c1cccs1. The van der Waals surface area contributed by atoms with Crippen molar-refractivity contribution < 1.29 is 8.42 Å². The zero-order valence-corrected chi connectivity index (χ0v) is 13.7. The fourth-order valence-corrected chi connectivity index (χ4v) is 3.94. The van der Waals surface area contributed by atoms with Crippen LogP contribution in [0.4, 0.5) is 0 Å². The highest BCUT2D eigenvalue weighted by atomic mass is 35.5. The van der Waals surface area contributed by atoms with Crippen molar-refractivity contribution in [3.05, 3.63) is 22.4 Å². The third kappa shape index (κ3) is 6.23. The highest BCUT2D eigenvalue weighted by Crippen LogP contribution is 2.22. The van der Waals surface area contributed by atoms with Gasteiger partial charge >= 0.3 is 0 Å². The second kappa shape index (κ2) is 8.21. The van der Waals surface area contributed by atoms with Crippen molar-refractivity contribution in [2.45, 2.75) is 18.9 Å². The maximum absolute atomic E-state index is 11.8. The Morgan fingerprint density at radius 3 is 2.68 bits per heavy atom. The van der Waals surface area contributed by atoms with E-state index in [0.717, 1.165) is 11.3 Å². The van der Waals surface area contributed by atoms with Crippen molar-refractivity contribution in [1.29, 1.82) is 0 Å². The van der Waals surface area contributed by atoms with Gasteiger partial charge in [-0.2, -0.15) is 0 Å². The van der Waals surface area contributed by atoms with Crippen LogP contribution in [-0.4, -0.2) is 45.6 Å². The number of thiophene rings is 1. The molecule has 1 N–H and O–H groups in total. The van der Waals surface area contributed by atoms with Crippen LogP contribution in [0.2, 0.25) is 0 Å². The average Bonchev–Trinajstić information content (AvgIpc) is 2.82. The first-order chi connectivity index (χ1) is 8.96. The molecule has 19 heavy (non-hydrogen) atoms. The molecule has 0 aromatic carbocycles. The van der Waals surface area contributed by atoms with Gasteiger partial charge < -0.3 is 4.90 Å². The Morgan fingerprint density at radius 2 is 2.16 bits per heavy atom. The van der Waals surface area contributed by atoms with E-state index in [4.69, 9.17) is 11.6 Å². The second-order valence-electron chi connectivity index (χ2n) is 4.56. The minimum absolute atomic E-state index is 0.0720. The van der Waals surface area contributed by atoms with E-state index in [-0.39, 0.29) is 11.8 Å². The number of nitrogens with zero attached hydrogens (tertiary/aromatic N) is 1. The first-order valence-electron chi connectivity index (χ1n) is 6.19. The van der Waals surface area contributed by atoms with E-state index in [9.17, 15) is 8.42 Å². The van der Waals surface area contributed by atoms with Crippen LogP contribution in [0.15, 0.2) is 17.5 Å². The number of nitrogens with one attached hydrogen (secondary N) is 1. The normalized spacial score (nSPS) is 13.9. The van der Waals surface area contributed by atoms with Crippen molar-refractivity contribution >= 4 is 33.0 Å². The predicted molar refractivity (Wildman–Crippen MR) is 82.5 cm³/mol. The van der Waals surface area contributed by atoms with Crippen LogP contribution in [-0.2, 0) is 10.0 Å². The monoisotopic (exact) mass is 324 g/mol. The number of rotatable bonds is 9. The first-order valence-corrected chi connectivity index (χ1v) is 9.26. The lowest BCUT2D eigenvalue weighted by molar-refractivity contribution is 0.303. The Bertz CT molecular complexity index is 446. The largest absolute Gasteiger partial charge is 0.300 e. The van der Waals surface area contributed by atoms with E-state index in [1.54, 1.807) is 11.3 Å². The van der Waals surface area contributed by atoms with Crippen LogP contribution in [0.25, 0.3) is 0 Å². The van der Waals surface area contributed by atoms with Crippen LogP contribution >= 0.6 is 22.9 Å². The molecule has 0 bridgehead atoms. The van der Waals surface area contributed by atoms with Gasteiger partial charge in [-0.15, -0.1) is 22.9 Å². The lowest BCUT2D eigenvalue weighted by atomic mass is 10.2. The molecule has 0 aliphatic carbocycles. The second-order valence-corrected chi connectivity index (χ2v) is 7.84. The minimum atomic E-state index is -3.20. The molecule has 4 nitrogen and oxygen atoms in total. The van der Waals surface area contributed by atoms with Crippen LogP contribution in [0.5, 0.6) is 0 Å². The number of alkyl halides is 1. The number of unbranched alkanes of at least 4 members (excludes halogenated alkanes) is 1. The summed E-state index contributed by atoms with van der Waals surface area (Å²) in [6.45, 7) is 0.400. The molecule has 1 atom stereocenters. The summed E-state index contributed by atoms with van der Waals surface area (Å²) in [5.41, 5.74) is 0. The van der Waals surface area contributed by atoms with E-state index in [0.29, 0.717) is 18.8 Å². The molecule has 1 aromatic rings. The molecule has 0 aliphatic rings. The summed E-state index contributed by atoms with van der Waals surface area (Å²) in [6, 6.07) is 4.07. The van der Waals surface area contributed by atoms with Gasteiger partial charge in [-0.05, 0) is 38.4 Å². The molecular weight excluding hydrogens is 304 g/mol. The third-order valence-corrected chi connectivity index (χ3v) is 5.46. The fraction of sp³-hybridized carbons (Fsp3) is 0.667. The summed E-state index contributed by atoms with van der Waals surface area (Å²) in [6.07, 6.45) is 1.33. The third-order valence-electron chi connectivity index (χ3n) is 2.79. The molecule has 0 spiro atoms. The molecule has 0 amide bonds. The summed E-state index contributed by atoms with van der Waals surface area (Å²) in [4.78, 5) is 3.18. The van der Waals surface area contributed by atoms with E-state index in [2.05, 4.69) is 4.72 Å². The van der Waals surface area contributed by atoms with Gasteiger partial charge in [0.15, 0.2) is 0 Å². The first kappa shape index (κ1) is 16.9. The van der Waals surface area contributed by atoms with Gasteiger partial charge in [0.2, 0.25) is 10.0 Å². The van der Waals surface area contributed by atoms with Gasteiger partial charge in [-0.3, -0.25) is 0 Å². The molecule has 1 heterocycles. The number of hydrogen-bond acceptors (Lipinski definition) is 4. The van der Waals surface area contributed by atoms with Crippen molar-refractivity contribution in [3.63, 3.8) is 0 Å². The van der Waals surface area contributed by atoms with Crippen LogP contribution in [0, 0.1) is 0 Å². The number of hydrogen-bond donors (Lipinski definition) is 1. The summed E-state index contributed by atoms with van der Waals surface area (Å²) in [5, 5.41) is 2.00. The summed E-state index contributed by atoms with van der Waals surface area (Å²) >= 11 is 7.18. The molecular formula is C12H21ClN2O2S2. The van der Waals surface area contributed by atoms with E-state index in [1.807, 2.05) is 36.5 Å². The van der Waals surface area contributed by atoms with Crippen molar-refractivity contribution in [1.82, 2.24) is 9.62 Å². The molecule has 1 rings (SSSR count). The standard InChI is InChI=1S/C12H21ClN2O2S2/c1-15(2)11(12-6-5-8-18-12)10-14-19(16,17)9-4-3-7-13/h5-6,8,11,14H,3-4,7,9-10H2,1-2H3. The van der Waals surface area contributed by atoms with Crippen LogP contribution < -0.4 is 4.72 Å². The Kier molecular flexibility index (Phi) is 7.31. The molecule has 0 aliphatic heterocycles. The maximum Gasteiger partial charge on any atom is 0.211 e. The van der Waals surface area contributed by atoms with Crippen molar-refractivity contribution in [2.24, 2.45) is 0 Å². The quantitative estimate of drug-likeness (QED) is 0.560. The van der Waals surface area contributed by atoms with Crippen molar-refractivity contribution in [2.75, 3.05) is 32.3 Å². The molecule has 0 fully saturated rings. The molecule has 0 saturated carbocycles. The highest BCUT2D eigenvalue weighted by molar-refractivity contribution is 7.89. The van der Waals surface area contributed by atoms with E-state index >= 15 is 0 Å². The zero-order valence-electron chi connectivity index (χ0n) is 11.3. The van der Waals surface area contributed by atoms with Gasteiger partial charge in [-0.25, -0.2) is 13.1 Å². The number of likely N-dealkylation sites (N-methyl/N-ethyl adjacent to an activating group) is 1. The fourth-order valence-electron chi connectivity index (χ4n) is 1.68.